The van der Waals surface area contributed by atoms with Crippen LogP contribution in [0.3, 0.4) is 0 Å². The summed E-state index contributed by atoms with van der Waals surface area (Å²) in [4.78, 5) is 0. The minimum absolute atomic E-state index is 0.336. The Bertz CT molecular complexity index is 566. The molecule has 3 nitrogen and oxygen atoms in total. The molecule has 2 aromatic rings. The summed E-state index contributed by atoms with van der Waals surface area (Å²) in [6, 6.07) is 8.46. The van der Waals surface area contributed by atoms with Crippen LogP contribution in [0.5, 0.6) is 0 Å². The summed E-state index contributed by atoms with van der Waals surface area (Å²) in [6.07, 6.45) is 2.44. The van der Waals surface area contributed by atoms with Crippen LogP contribution in [-0.4, -0.2) is 18.8 Å². The molecule has 19 heavy (non-hydrogen) atoms. The van der Waals surface area contributed by atoms with Crippen LogP contribution in [0.2, 0.25) is 5.22 Å². The SMILES string of the molecule is CC1CC(NCc2c(Cl)oc3ccccc23)CCO1. The minimum atomic E-state index is 0.336. The van der Waals surface area contributed by atoms with Gasteiger partial charge in [-0.2, -0.15) is 0 Å². The van der Waals surface area contributed by atoms with Crippen LogP contribution in [0, 0.1) is 0 Å². The van der Waals surface area contributed by atoms with Crippen molar-refractivity contribution < 1.29 is 9.15 Å². The first-order valence-corrected chi connectivity index (χ1v) is 7.12. The van der Waals surface area contributed by atoms with E-state index >= 15 is 0 Å². The normalized spacial score (nSPS) is 23.9. The van der Waals surface area contributed by atoms with Crippen LogP contribution in [0.25, 0.3) is 11.0 Å². The number of halogens is 1. The zero-order chi connectivity index (χ0) is 13.2. The molecular formula is C15H18ClNO2. The molecule has 0 saturated carbocycles. The smallest absolute Gasteiger partial charge is 0.199 e. The van der Waals surface area contributed by atoms with Gasteiger partial charge in [0, 0.05) is 30.1 Å². The molecule has 1 aliphatic rings. The van der Waals surface area contributed by atoms with Gasteiger partial charge in [0.2, 0.25) is 0 Å². The first kappa shape index (κ1) is 13.0. The van der Waals surface area contributed by atoms with Gasteiger partial charge in [0.1, 0.15) is 5.58 Å². The van der Waals surface area contributed by atoms with Crippen LogP contribution in [0.4, 0.5) is 0 Å². The maximum absolute atomic E-state index is 6.18. The standard InChI is InChI=1S/C15H18ClNO2/c1-10-8-11(6-7-18-10)17-9-13-12-4-2-3-5-14(12)19-15(13)16/h2-5,10-11,17H,6-9H2,1H3. The summed E-state index contributed by atoms with van der Waals surface area (Å²) in [5, 5.41) is 5.15. The molecule has 0 radical (unpaired) electrons. The first-order valence-electron chi connectivity index (χ1n) is 6.75. The Balaban J connectivity index is 1.73. The summed E-state index contributed by atoms with van der Waals surface area (Å²) < 4.78 is 11.1. The Morgan fingerprint density at radius 2 is 2.21 bits per heavy atom. The van der Waals surface area contributed by atoms with Gasteiger partial charge in [-0.3, -0.25) is 0 Å². The summed E-state index contributed by atoms with van der Waals surface area (Å²) in [6.45, 7) is 3.69. The fourth-order valence-corrected chi connectivity index (χ4v) is 2.92. The number of para-hydroxylation sites is 1. The molecule has 4 heteroatoms. The molecular weight excluding hydrogens is 262 g/mol. The van der Waals surface area contributed by atoms with Crippen LogP contribution >= 0.6 is 11.6 Å². The fraction of sp³-hybridized carbons (Fsp3) is 0.467. The van der Waals surface area contributed by atoms with Crippen molar-refractivity contribution in [3.8, 4) is 0 Å². The average Bonchev–Trinajstić information content (AvgIpc) is 2.72. The van der Waals surface area contributed by atoms with Crippen molar-refractivity contribution in [1.82, 2.24) is 5.32 Å². The quantitative estimate of drug-likeness (QED) is 0.929. The van der Waals surface area contributed by atoms with Gasteiger partial charge in [-0.05, 0) is 37.4 Å². The van der Waals surface area contributed by atoms with Crippen molar-refractivity contribution in [2.24, 2.45) is 0 Å². The van der Waals surface area contributed by atoms with Crippen LogP contribution in [0.1, 0.15) is 25.3 Å². The summed E-state index contributed by atoms with van der Waals surface area (Å²) in [5.74, 6) is 0. The molecule has 2 heterocycles. The Hall–Kier alpha value is -1.03. The molecule has 2 atom stereocenters. The molecule has 0 amide bonds. The minimum Gasteiger partial charge on any atom is -0.444 e. The van der Waals surface area contributed by atoms with E-state index in [1.165, 1.54) is 0 Å². The van der Waals surface area contributed by atoms with Crippen LogP contribution < -0.4 is 5.32 Å². The van der Waals surface area contributed by atoms with Gasteiger partial charge in [-0.15, -0.1) is 0 Å². The lowest BCUT2D eigenvalue weighted by Gasteiger charge is -2.28. The van der Waals surface area contributed by atoms with Gasteiger partial charge in [0.05, 0.1) is 6.10 Å². The van der Waals surface area contributed by atoms with Gasteiger partial charge >= 0.3 is 0 Å². The largest absolute Gasteiger partial charge is 0.444 e. The highest BCUT2D eigenvalue weighted by Crippen LogP contribution is 2.29. The molecule has 1 aromatic carbocycles. The third-order valence-corrected chi connectivity index (χ3v) is 4.01. The number of fused-ring (bicyclic) bond motifs is 1. The lowest BCUT2D eigenvalue weighted by atomic mass is 10.0. The third-order valence-electron chi connectivity index (χ3n) is 3.70. The second kappa shape index (κ2) is 5.53. The number of hydrogen-bond acceptors (Lipinski definition) is 3. The first-order chi connectivity index (χ1) is 9.24. The Morgan fingerprint density at radius 3 is 3.05 bits per heavy atom. The van der Waals surface area contributed by atoms with Gasteiger partial charge in [-0.1, -0.05) is 18.2 Å². The lowest BCUT2D eigenvalue weighted by molar-refractivity contribution is 0.0130. The van der Waals surface area contributed by atoms with Crippen LogP contribution in [-0.2, 0) is 11.3 Å². The molecule has 1 fully saturated rings. The van der Waals surface area contributed by atoms with Crippen molar-refractivity contribution in [2.75, 3.05) is 6.61 Å². The molecule has 0 aliphatic carbocycles. The van der Waals surface area contributed by atoms with E-state index in [1.807, 2.05) is 24.3 Å². The monoisotopic (exact) mass is 279 g/mol. The van der Waals surface area contributed by atoms with E-state index in [2.05, 4.69) is 12.2 Å². The zero-order valence-electron chi connectivity index (χ0n) is 11.0. The Labute approximate surface area is 117 Å². The second-order valence-corrected chi connectivity index (χ2v) is 5.48. The third kappa shape index (κ3) is 2.78. The van der Waals surface area contributed by atoms with E-state index in [0.29, 0.717) is 17.4 Å². The zero-order valence-corrected chi connectivity index (χ0v) is 11.7. The van der Waals surface area contributed by atoms with E-state index in [0.717, 1.165) is 42.5 Å². The molecule has 0 spiro atoms. The fourth-order valence-electron chi connectivity index (χ4n) is 2.66. The topological polar surface area (TPSA) is 34.4 Å². The predicted octanol–water partition coefficient (Wildman–Crippen LogP) is 3.74. The Morgan fingerprint density at radius 1 is 1.37 bits per heavy atom. The van der Waals surface area contributed by atoms with E-state index in [9.17, 15) is 0 Å². The number of hydrogen-bond donors (Lipinski definition) is 1. The van der Waals surface area contributed by atoms with Crippen LogP contribution in [0.15, 0.2) is 28.7 Å². The number of nitrogens with one attached hydrogen (secondary N) is 1. The van der Waals surface area contributed by atoms with Crippen molar-refractivity contribution in [3.05, 3.63) is 35.0 Å². The van der Waals surface area contributed by atoms with Crippen molar-refractivity contribution in [3.63, 3.8) is 0 Å². The van der Waals surface area contributed by atoms with E-state index < -0.39 is 0 Å². The van der Waals surface area contributed by atoms with Gasteiger partial charge in [0.15, 0.2) is 5.22 Å². The molecule has 0 bridgehead atoms. The molecule has 1 N–H and O–H groups in total. The number of ether oxygens (including phenoxy) is 1. The number of benzene rings is 1. The Kier molecular flexibility index (Phi) is 3.78. The van der Waals surface area contributed by atoms with Crippen molar-refractivity contribution in [2.45, 2.75) is 38.5 Å². The van der Waals surface area contributed by atoms with E-state index in [1.54, 1.807) is 0 Å². The number of furan rings is 1. The molecule has 2 unspecified atom stereocenters. The number of rotatable bonds is 3. The molecule has 1 aliphatic heterocycles. The molecule has 102 valence electrons. The second-order valence-electron chi connectivity index (χ2n) is 5.13. The summed E-state index contributed by atoms with van der Waals surface area (Å²) in [5.41, 5.74) is 1.90. The maximum Gasteiger partial charge on any atom is 0.199 e. The molecule has 1 aromatic heterocycles. The highest BCUT2D eigenvalue weighted by atomic mass is 35.5. The predicted molar refractivity (Wildman–Crippen MR) is 76.5 cm³/mol. The van der Waals surface area contributed by atoms with Crippen molar-refractivity contribution in [1.29, 1.82) is 0 Å². The van der Waals surface area contributed by atoms with E-state index in [-0.39, 0.29) is 0 Å². The highest BCUT2D eigenvalue weighted by Gasteiger charge is 2.20. The lowest BCUT2D eigenvalue weighted by Crippen LogP contribution is -2.37. The van der Waals surface area contributed by atoms with Crippen molar-refractivity contribution >= 4 is 22.6 Å². The average molecular weight is 280 g/mol. The van der Waals surface area contributed by atoms with E-state index in [4.69, 9.17) is 20.8 Å². The highest BCUT2D eigenvalue weighted by molar-refractivity contribution is 6.30. The molecule has 3 rings (SSSR count). The van der Waals surface area contributed by atoms with Gasteiger partial charge in [0.25, 0.3) is 0 Å². The summed E-state index contributed by atoms with van der Waals surface area (Å²) >= 11 is 6.18. The van der Waals surface area contributed by atoms with Gasteiger partial charge < -0.3 is 14.5 Å². The van der Waals surface area contributed by atoms with Gasteiger partial charge in [-0.25, -0.2) is 0 Å². The summed E-state index contributed by atoms with van der Waals surface area (Å²) in [7, 11) is 0. The molecule has 1 saturated heterocycles. The maximum atomic E-state index is 6.18.